The van der Waals surface area contributed by atoms with E-state index in [-0.39, 0.29) is 0 Å². The van der Waals surface area contributed by atoms with Crippen LogP contribution in [-0.2, 0) is 0 Å². The zero-order chi connectivity index (χ0) is 6.85. The van der Waals surface area contributed by atoms with Crippen molar-refractivity contribution >= 4 is 48.0 Å². The van der Waals surface area contributed by atoms with Crippen molar-refractivity contribution in [2.75, 3.05) is 0 Å². The molecule has 0 atom stereocenters. The van der Waals surface area contributed by atoms with Gasteiger partial charge in [-0.2, -0.15) is 0 Å². The molecule has 0 saturated heterocycles. The molecular weight excluding hydrogens is 266 g/mol. The van der Waals surface area contributed by atoms with E-state index in [9.17, 15) is 0 Å². The Balaban J connectivity index is 3.17. The standard InChI is InChI=1S/C6H4BrClSe/c7-4-1-5(8)3-6(9)2-4/h1-3,9H. The Bertz CT molecular complexity index is 174. The van der Waals surface area contributed by atoms with Crippen LogP contribution in [0.15, 0.2) is 22.7 Å². The van der Waals surface area contributed by atoms with E-state index in [4.69, 9.17) is 11.6 Å². The van der Waals surface area contributed by atoms with Crippen LogP contribution in [0.2, 0.25) is 5.02 Å². The number of hydrogen-bond donors (Lipinski definition) is 0. The zero-order valence-corrected chi connectivity index (χ0v) is 8.65. The van der Waals surface area contributed by atoms with Gasteiger partial charge in [0.2, 0.25) is 0 Å². The first kappa shape index (κ1) is 7.61. The van der Waals surface area contributed by atoms with Gasteiger partial charge in [0.05, 0.1) is 0 Å². The molecule has 9 heavy (non-hydrogen) atoms. The summed E-state index contributed by atoms with van der Waals surface area (Å²) in [5, 5.41) is 0.764. The molecule has 0 N–H and O–H groups in total. The first-order valence-corrected chi connectivity index (χ1v) is 4.44. The normalized spacial score (nSPS) is 9.67. The molecule has 0 aliphatic carbocycles. The Morgan fingerprint density at radius 1 is 1.33 bits per heavy atom. The van der Waals surface area contributed by atoms with Gasteiger partial charge in [-0.1, -0.05) is 0 Å². The summed E-state index contributed by atoms with van der Waals surface area (Å²) in [6.45, 7) is 0. The molecule has 1 rings (SSSR count). The summed E-state index contributed by atoms with van der Waals surface area (Å²) in [7, 11) is 0. The molecule has 0 nitrogen and oxygen atoms in total. The first-order valence-electron chi connectivity index (χ1n) is 2.33. The Morgan fingerprint density at radius 3 is 2.44 bits per heavy atom. The Hall–Kier alpha value is 0.509. The van der Waals surface area contributed by atoms with Crippen LogP contribution < -0.4 is 4.46 Å². The molecule has 0 unspecified atom stereocenters. The van der Waals surface area contributed by atoms with Crippen LogP contribution in [0.1, 0.15) is 0 Å². The van der Waals surface area contributed by atoms with E-state index in [0.29, 0.717) is 0 Å². The van der Waals surface area contributed by atoms with Crippen molar-refractivity contribution in [3.8, 4) is 0 Å². The molecule has 3 heteroatoms. The number of hydrogen-bond acceptors (Lipinski definition) is 0. The molecular formula is C6H4BrClSe. The van der Waals surface area contributed by atoms with Crippen LogP contribution in [0.25, 0.3) is 0 Å². The minimum absolute atomic E-state index is 0.764. The van der Waals surface area contributed by atoms with E-state index in [2.05, 4.69) is 31.9 Å². The second kappa shape index (κ2) is 3.07. The van der Waals surface area contributed by atoms with Crippen LogP contribution >= 0.6 is 27.5 Å². The Morgan fingerprint density at radius 2 is 2.00 bits per heavy atom. The predicted molar refractivity (Wildman–Crippen MR) is 45.9 cm³/mol. The second-order valence-corrected chi connectivity index (χ2v) is 4.06. The van der Waals surface area contributed by atoms with Gasteiger partial charge in [-0.25, -0.2) is 0 Å². The molecule has 0 heterocycles. The van der Waals surface area contributed by atoms with E-state index >= 15 is 0 Å². The van der Waals surface area contributed by atoms with Gasteiger partial charge >= 0.3 is 75.7 Å². The van der Waals surface area contributed by atoms with Gasteiger partial charge in [0.25, 0.3) is 0 Å². The zero-order valence-electron chi connectivity index (χ0n) is 4.44. The van der Waals surface area contributed by atoms with Crippen LogP contribution in [0.5, 0.6) is 0 Å². The van der Waals surface area contributed by atoms with Crippen molar-refractivity contribution in [3.63, 3.8) is 0 Å². The van der Waals surface area contributed by atoms with E-state index < -0.39 is 0 Å². The van der Waals surface area contributed by atoms with Gasteiger partial charge in [0.1, 0.15) is 0 Å². The second-order valence-electron chi connectivity index (χ2n) is 1.63. The van der Waals surface area contributed by atoms with Crippen molar-refractivity contribution < 1.29 is 0 Å². The fraction of sp³-hybridized carbons (Fsp3) is 0. The summed E-state index contributed by atoms with van der Waals surface area (Å²) in [6, 6.07) is 5.75. The van der Waals surface area contributed by atoms with Crippen LogP contribution in [0.3, 0.4) is 0 Å². The molecule has 0 aromatic heterocycles. The summed E-state index contributed by atoms with van der Waals surface area (Å²) in [4.78, 5) is 0. The molecule has 48 valence electrons. The SMILES string of the molecule is Clc1cc([SeH])cc(Br)c1. The Labute approximate surface area is 75.5 Å². The average Bonchev–Trinajstić information content (AvgIpc) is 1.59. The van der Waals surface area contributed by atoms with Gasteiger partial charge in [-0.05, 0) is 0 Å². The van der Waals surface area contributed by atoms with Gasteiger partial charge in [0.15, 0.2) is 0 Å². The third kappa shape index (κ3) is 2.30. The van der Waals surface area contributed by atoms with Crippen molar-refractivity contribution in [2.45, 2.75) is 0 Å². The van der Waals surface area contributed by atoms with E-state index in [1.54, 1.807) is 0 Å². The van der Waals surface area contributed by atoms with Gasteiger partial charge < -0.3 is 0 Å². The van der Waals surface area contributed by atoms with E-state index in [1.807, 2.05) is 18.2 Å². The third-order valence-electron chi connectivity index (χ3n) is 0.847. The molecule has 0 saturated carbocycles. The fourth-order valence-electron chi connectivity index (χ4n) is 0.539. The van der Waals surface area contributed by atoms with E-state index in [0.717, 1.165) is 14.0 Å². The Kier molecular flexibility index (Phi) is 2.59. The first-order chi connectivity index (χ1) is 4.18. The number of benzene rings is 1. The van der Waals surface area contributed by atoms with Crippen LogP contribution in [0, 0.1) is 0 Å². The monoisotopic (exact) mass is 270 g/mol. The van der Waals surface area contributed by atoms with E-state index in [1.165, 1.54) is 0 Å². The maximum absolute atomic E-state index is 5.71. The maximum atomic E-state index is 5.71. The molecule has 1 aromatic carbocycles. The fourth-order valence-corrected chi connectivity index (χ4v) is 2.53. The molecule has 0 aliphatic heterocycles. The van der Waals surface area contributed by atoms with Gasteiger partial charge in [-0.15, -0.1) is 0 Å². The molecule has 0 aliphatic rings. The van der Waals surface area contributed by atoms with Gasteiger partial charge in [0, 0.05) is 0 Å². The van der Waals surface area contributed by atoms with Gasteiger partial charge in [-0.3, -0.25) is 0 Å². The predicted octanol–water partition coefficient (Wildman–Crippen LogP) is 1.63. The van der Waals surface area contributed by atoms with Crippen molar-refractivity contribution in [2.24, 2.45) is 0 Å². The summed E-state index contributed by atoms with van der Waals surface area (Å²) in [5.74, 6) is 0. The average molecular weight is 270 g/mol. The molecule has 0 amide bonds. The summed E-state index contributed by atoms with van der Waals surface area (Å²) in [6.07, 6.45) is 0. The summed E-state index contributed by atoms with van der Waals surface area (Å²) >= 11 is 11.5. The van der Waals surface area contributed by atoms with Crippen LogP contribution in [0.4, 0.5) is 0 Å². The summed E-state index contributed by atoms with van der Waals surface area (Å²) in [5.41, 5.74) is 0. The van der Waals surface area contributed by atoms with Crippen LogP contribution in [-0.4, -0.2) is 16.0 Å². The summed E-state index contributed by atoms with van der Waals surface area (Å²) < 4.78 is 2.13. The van der Waals surface area contributed by atoms with Crippen molar-refractivity contribution in [1.29, 1.82) is 0 Å². The molecule has 0 radical (unpaired) electrons. The molecule has 0 spiro atoms. The number of halogens is 2. The van der Waals surface area contributed by atoms with Crippen molar-refractivity contribution in [1.82, 2.24) is 0 Å². The molecule has 1 aromatic rings. The van der Waals surface area contributed by atoms with Crippen molar-refractivity contribution in [3.05, 3.63) is 27.7 Å². The topological polar surface area (TPSA) is 0 Å². The molecule has 0 bridgehead atoms. The quantitative estimate of drug-likeness (QED) is 0.629. The third-order valence-corrected chi connectivity index (χ3v) is 2.07. The molecule has 0 fully saturated rings. The number of rotatable bonds is 0. The minimum atomic E-state index is 0.764.